The van der Waals surface area contributed by atoms with Crippen molar-refractivity contribution in [3.05, 3.63) is 61.7 Å². The molecular formula is C33H43FN4O4. The lowest BCUT2D eigenvalue weighted by molar-refractivity contribution is -0.129. The van der Waals surface area contributed by atoms with Crippen molar-refractivity contribution in [3.8, 4) is 11.4 Å². The second-order valence-corrected chi connectivity index (χ2v) is 11.6. The maximum atomic E-state index is 15.1. The molecule has 1 aliphatic rings. The van der Waals surface area contributed by atoms with Crippen LogP contribution in [0.3, 0.4) is 0 Å². The predicted molar refractivity (Wildman–Crippen MR) is 163 cm³/mol. The molecule has 42 heavy (non-hydrogen) atoms. The number of benzene rings is 1. The number of nitrogens with two attached hydrogens (primary N) is 1. The van der Waals surface area contributed by atoms with Crippen LogP contribution in [-0.2, 0) is 33.9 Å². The third kappa shape index (κ3) is 5.84. The second-order valence-electron chi connectivity index (χ2n) is 11.6. The van der Waals surface area contributed by atoms with E-state index in [0.29, 0.717) is 59.7 Å². The van der Waals surface area contributed by atoms with E-state index >= 15 is 4.39 Å². The molecule has 0 bridgehead atoms. The molecule has 226 valence electrons. The first-order valence-electron chi connectivity index (χ1n) is 15.1. The topological polar surface area (TPSA) is 116 Å². The number of ether oxygens (including phenoxy) is 1. The molecule has 8 nitrogen and oxygen atoms in total. The summed E-state index contributed by atoms with van der Waals surface area (Å²) in [5.74, 6) is -0.251. The summed E-state index contributed by atoms with van der Waals surface area (Å²) in [4.78, 5) is 43.0. The van der Waals surface area contributed by atoms with Gasteiger partial charge in [-0.3, -0.25) is 14.4 Å². The van der Waals surface area contributed by atoms with E-state index in [4.69, 9.17) is 15.5 Å². The van der Waals surface area contributed by atoms with Crippen LogP contribution in [-0.4, -0.2) is 28.0 Å². The number of halogens is 1. The van der Waals surface area contributed by atoms with E-state index in [0.717, 1.165) is 46.9 Å². The fourth-order valence-corrected chi connectivity index (χ4v) is 6.36. The van der Waals surface area contributed by atoms with Crippen molar-refractivity contribution in [2.24, 2.45) is 11.7 Å². The van der Waals surface area contributed by atoms with Gasteiger partial charge in [-0.1, -0.05) is 47.0 Å². The SMILES string of the molecule is CCCC(C)CC(N)C(=O)N[C@@H](CCC)c1c2c(nc3cc(F)c(C)c(C)c13)-c1cc(CC)c(COC=O)c(=O)n1C2. The standard InChI is InChI=1S/C33H43FN4O4/c1-7-10-18(4)12-25(35)32(40)37-26(11-8-2)30-22-15-38-28(13-21(9-3)23(33(38)41)16-42-17-39)31(22)36-27-14-24(34)19(5)20(6)29(27)30/h13-14,17-18,25-26H,7-12,15-16,35H2,1-6H3,(H,37,40)/t18?,25?,26-/m0/s1. The fourth-order valence-electron chi connectivity index (χ4n) is 6.36. The van der Waals surface area contributed by atoms with E-state index in [1.807, 2.05) is 19.9 Å². The largest absolute Gasteiger partial charge is 0.463 e. The summed E-state index contributed by atoms with van der Waals surface area (Å²) >= 11 is 0. The number of rotatable bonds is 13. The lowest BCUT2D eigenvalue weighted by Gasteiger charge is -2.26. The highest BCUT2D eigenvalue weighted by Gasteiger charge is 2.33. The number of hydrogen-bond donors (Lipinski definition) is 2. The number of aromatic nitrogens is 2. The van der Waals surface area contributed by atoms with Gasteiger partial charge in [0.05, 0.1) is 41.1 Å². The lowest BCUT2D eigenvalue weighted by atomic mass is 9.88. The van der Waals surface area contributed by atoms with Gasteiger partial charge in [-0.05, 0) is 67.3 Å². The van der Waals surface area contributed by atoms with Gasteiger partial charge in [0.25, 0.3) is 12.0 Å². The summed E-state index contributed by atoms with van der Waals surface area (Å²) in [6.45, 7) is 12.3. The molecule has 0 fully saturated rings. The number of aryl methyl sites for hydroxylation is 2. The number of pyridine rings is 2. The quantitative estimate of drug-likeness (QED) is 0.202. The third-order valence-corrected chi connectivity index (χ3v) is 8.67. The van der Waals surface area contributed by atoms with Crippen LogP contribution in [0.25, 0.3) is 22.3 Å². The van der Waals surface area contributed by atoms with Crippen molar-refractivity contribution in [1.29, 1.82) is 0 Å². The van der Waals surface area contributed by atoms with Crippen LogP contribution < -0.4 is 16.6 Å². The highest BCUT2D eigenvalue weighted by molar-refractivity contribution is 5.93. The zero-order chi connectivity index (χ0) is 30.7. The van der Waals surface area contributed by atoms with E-state index in [2.05, 4.69) is 26.1 Å². The molecule has 0 saturated heterocycles. The molecule has 3 heterocycles. The Hall–Kier alpha value is -3.59. The zero-order valence-corrected chi connectivity index (χ0v) is 25.6. The monoisotopic (exact) mass is 578 g/mol. The van der Waals surface area contributed by atoms with Crippen molar-refractivity contribution < 1.29 is 18.7 Å². The Bertz CT molecular complexity index is 1560. The summed E-state index contributed by atoms with van der Waals surface area (Å²) in [6, 6.07) is 2.29. The Morgan fingerprint density at radius 1 is 1.19 bits per heavy atom. The smallest absolute Gasteiger partial charge is 0.293 e. The van der Waals surface area contributed by atoms with E-state index < -0.39 is 12.1 Å². The molecular weight excluding hydrogens is 535 g/mol. The lowest BCUT2D eigenvalue weighted by Crippen LogP contribution is -2.43. The maximum Gasteiger partial charge on any atom is 0.293 e. The highest BCUT2D eigenvalue weighted by Crippen LogP contribution is 2.42. The molecule has 0 saturated carbocycles. The molecule has 3 atom stereocenters. The average Bonchev–Trinajstić information content (AvgIpc) is 3.32. The Morgan fingerprint density at radius 3 is 2.55 bits per heavy atom. The molecule has 4 rings (SSSR count). The number of hydrogen-bond acceptors (Lipinski definition) is 6. The van der Waals surface area contributed by atoms with Crippen molar-refractivity contribution >= 4 is 23.3 Å². The summed E-state index contributed by atoms with van der Waals surface area (Å²) in [7, 11) is 0. The van der Waals surface area contributed by atoms with E-state index in [-0.39, 0.29) is 30.4 Å². The van der Waals surface area contributed by atoms with Crippen LogP contribution >= 0.6 is 0 Å². The van der Waals surface area contributed by atoms with Crippen molar-refractivity contribution in [2.75, 3.05) is 0 Å². The van der Waals surface area contributed by atoms with Gasteiger partial charge in [0, 0.05) is 17.0 Å². The first-order valence-corrected chi connectivity index (χ1v) is 15.1. The van der Waals surface area contributed by atoms with Crippen LogP contribution in [0.4, 0.5) is 4.39 Å². The number of nitrogens with one attached hydrogen (secondary N) is 1. The second kappa shape index (κ2) is 13.2. The first-order chi connectivity index (χ1) is 20.1. The van der Waals surface area contributed by atoms with Crippen molar-refractivity contribution in [2.45, 2.75) is 105 Å². The number of nitrogens with zero attached hydrogens (tertiary/aromatic N) is 2. The summed E-state index contributed by atoms with van der Waals surface area (Å²) in [5.41, 5.74) is 12.0. The van der Waals surface area contributed by atoms with Gasteiger partial charge in [-0.15, -0.1) is 0 Å². The minimum absolute atomic E-state index is 0.114. The summed E-state index contributed by atoms with van der Waals surface area (Å²) in [6.07, 6.45) is 4.59. The molecule has 9 heteroatoms. The molecule has 0 aliphatic carbocycles. The number of carbonyl (C=O) groups excluding carboxylic acids is 2. The van der Waals surface area contributed by atoms with Gasteiger partial charge in [-0.25, -0.2) is 9.37 Å². The Morgan fingerprint density at radius 2 is 1.90 bits per heavy atom. The normalized spacial score (nSPS) is 14.3. The molecule has 3 aromatic rings. The van der Waals surface area contributed by atoms with Gasteiger partial charge >= 0.3 is 0 Å². The van der Waals surface area contributed by atoms with Gasteiger partial charge in [-0.2, -0.15) is 0 Å². The molecule has 1 aliphatic heterocycles. The number of fused-ring (bicyclic) bond motifs is 4. The van der Waals surface area contributed by atoms with E-state index in [1.54, 1.807) is 11.5 Å². The average molecular weight is 579 g/mol. The van der Waals surface area contributed by atoms with Crippen LogP contribution in [0, 0.1) is 25.6 Å². The zero-order valence-electron chi connectivity index (χ0n) is 25.6. The Balaban J connectivity index is 1.93. The molecule has 0 spiro atoms. The van der Waals surface area contributed by atoms with Crippen molar-refractivity contribution in [1.82, 2.24) is 14.9 Å². The van der Waals surface area contributed by atoms with Crippen LogP contribution in [0.1, 0.15) is 99.2 Å². The molecule has 3 N–H and O–H groups in total. The summed E-state index contributed by atoms with van der Waals surface area (Å²) in [5, 5.41) is 4.03. The molecule has 2 aromatic heterocycles. The predicted octanol–water partition coefficient (Wildman–Crippen LogP) is 5.53. The van der Waals surface area contributed by atoms with Gasteiger partial charge in [0.2, 0.25) is 5.91 Å². The van der Waals surface area contributed by atoms with Crippen LogP contribution in [0.2, 0.25) is 0 Å². The third-order valence-electron chi connectivity index (χ3n) is 8.67. The molecule has 1 aromatic carbocycles. The van der Waals surface area contributed by atoms with Gasteiger partial charge in [0.15, 0.2) is 0 Å². The Labute approximate surface area is 246 Å². The highest BCUT2D eigenvalue weighted by atomic mass is 19.1. The van der Waals surface area contributed by atoms with E-state index in [1.165, 1.54) is 6.07 Å². The fraction of sp³-hybridized carbons (Fsp3) is 0.515. The minimum atomic E-state index is -0.653. The van der Waals surface area contributed by atoms with Crippen molar-refractivity contribution in [3.63, 3.8) is 0 Å². The van der Waals surface area contributed by atoms with Crippen LogP contribution in [0.5, 0.6) is 0 Å². The molecule has 1 amide bonds. The number of carbonyl (C=O) groups is 2. The van der Waals surface area contributed by atoms with Crippen LogP contribution in [0.15, 0.2) is 16.9 Å². The first kappa shape index (κ1) is 31.3. The van der Waals surface area contributed by atoms with Gasteiger partial charge in [0.1, 0.15) is 12.4 Å². The van der Waals surface area contributed by atoms with E-state index in [9.17, 15) is 14.4 Å². The maximum absolute atomic E-state index is 15.1. The minimum Gasteiger partial charge on any atom is -0.463 e. The summed E-state index contributed by atoms with van der Waals surface area (Å²) < 4.78 is 21.7. The molecule has 2 unspecified atom stereocenters. The van der Waals surface area contributed by atoms with Gasteiger partial charge < -0.3 is 20.4 Å². The Kier molecular flexibility index (Phi) is 9.82. The molecule has 0 radical (unpaired) electrons. The number of amides is 1.